The highest BCUT2D eigenvalue weighted by Crippen LogP contribution is 2.37. The molecule has 0 saturated carbocycles. The van der Waals surface area contributed by atoms with Gasteiger partial charge in [0.2, 0.25) is 0 Å². The maximum Gasteiger partial charge on any atom is 0.254 e. The highest BCUT2D eigenvalue weighted by atomic mass is 16.5. The first-order valence-corrected chi connectivity index (χ1v) is 11.4. The molecule has 0 bridgehead atoms. The van der Waals surface area contributed by atoms with Gasteiger partial charge in [-0.1, -0.05) is 12.1 Å². The maximum absolute atomic E-state index is 13.4. The second-order valence-corrected chi connectivity index (χ2v) is 9.29. The van der Waals surface area contributed by atoms with Crippen molar-refractivity contribution in [1.29, 1.82) is 0 Å². The molecule has 3 aliphatic rings. The summed E-state index contributed by atoms with van der Waals surface area (Å²) in [7, 11) is 1.64. The number of rotatable bonds is 5. The van der Waals surface area contributed by atoms with E-state index in [2.05, 4.69) is 10.2 Å². The zero-order valence-corrected chi connectivity index (χ0v) is 18.8. The van der Waals surface area contributed by atoms with Crippen molar-refractivity contribution in [3.8, 4) is 5.75 Å². The number of carbonyl (C=O) groups excluding carboxylic acids is 1. The van der Waals surface area contributed by atoms with E-state index in [1.165, 1.54) is 6.20 Å². The Bertz CT molecular complexity index is 891. The van der Waals surface area contributed by atoms with E-state index >= 15 is 0 Å². The van der Waals surface area contributed by atoms with Crippen LogP contribution < -0.4 is 16.8 Å². The second kappa shape index (κ2) is 9.03. The van der Waals surface area contributed by atoms with Crippen LogP contribution in [0.2, 0.25) is 0 Å². The molecule has 1 amide bonds. The van der Waals surface area contributed by atoms with Crippen molar-refractivity contribution in [2.75, 3.05) is 46.4 Å². The number of benzene rings is 1. The minimum atomic E-state index is -0.786. The molecule has 174 valence electrons. The van der Waals surface area contributed by atoms with Crippen LogP contribution in [-0.2, 0) is 9.53 Å². The number of likely N-dealkylation sites (tertiary alicyclic amines) is 2. The van der Waals surface area contributed by atoms with Gasteiger partial charge in [0.05, 0.1) is 5.70 Å². The minimum absolute atomic E-state index is 0.115. The van der Waals surface area contributed by atoms with Crippen LogP contribution in [0.25, 0.3) is 5.70 Å². The van der Waals surface area contributed by atoms with E-state index in [1.807, 2.05) is 11.0 Å². The van der Waals surface area contributed by atoms with E-state index in [1.54, 1.807) is 31.4 Å². The molecule has 0 aromatic heterocycles. The lowest BCUT2D eigenvalue weighted by molar-refractivity contribution is -0.163. The highest BCUT2D eigenvalue weighted by molar-refractivity contribution is 5.85. The number of nitrogens with zero attached hydrogens (tertiary/aromatic N) is 2. The number of aromatic hydroxyl groups is 1. The first-order valence-electron chi connectivity index (χ1n) is 11.4. The Morgan fingerprint density at radius 2 is 1.72 bits per heavy atom. The molecule has 8 nitrogen and oxygen atoms in total. The molecule has 8 heteroatoms. The summed E-state index contributed by atoms with van der Waals surface area (Å²) in [6.07, 6.45) is 6.60. The van der Waals surface area contributed by atoms with Gasteiger partial charge in [0, 0.05) is 76.7 Å². The molecule has 32 heavy (non-hydrogen) atoms. The van der Waals surface area contributed by atoms with E-state index in [0.29, 0.717) is 42.6 Å². The van der Waals surface area contributed by atoms with Crippen molar-refractivity contribution >= 4 is 11.6 Å². The van der Waals surface area contributed by atoms with E-state index in [4.69, 9.17) is 16.2 Å². The zero-order valence-electron chi connectivity index (χ0n) is 18.8. The number of nitrogens with one attached hydrogen (secondary N) is 1. The number of para-hydroxylation sites is 1. The molecule has 0 aliphatic carbocycles. The van der Waals surface area contributed by atoms with Crippen LogP contribution in [0.4, 0.5) is 0 Å². The Morgan fingerprint density at radius 3 is 2.25 bits per heavy atom. The van der Waals surface area contributed by atoms with Gasteiger partial charge >= 0.3 is 0 Å². The highest BCUT2D eigenvalue weighted by Gasteiger charge is 2.47. The van der Waals surface area contributed by atoms with Crippen molar-refractivity contribution in [2.24, 2.45) is 16.9 Å². The van der Waals surface area contributed by atoms with Crippen LogP contribution in [0.5, 0.6) is 5.75 Å². The Balaban J connectivity index is 1.40. The molecule has 1 aromatic carbocycles. The number of methoxy groups -OCH3 is 1. The summed E-state index contributed by atoms with van der Waals surface area (Å²) < 4.78 is 5.86. The van der Waals surface area contributed by atoms with Gasteiger partial charge in [0.15, 0.2) is 0 Å². The molecule has 0 radical (unpaired) electrons. The zero-order chi connectivity index (χ0) is 22.8. The third-order valence-electron chi connectivity index (χ3n) is 7.52. The van der Waals surface area contributed by atoms with Gasteiger partial charge in [0.1, 0.15) is 11.4 Å². The smallest absolute Gasteiger partial charge is 0.254 e. The molecule has 3 aliphatic heterocycles. The lowest BCUT2D eigenvalue weighted by atomic mass is 9.73. The number of nitrogens with two attached hydrogens (primary N) is 2. The summed E-state index contributed by atoms with van der Waals surface area (Å²) in [5.74, 6) is 0.241. The number of carbonyl (C=O) groups is 1. The van der Waals surface area contributed by atoms with E-state index in [9.17, 15) is 9.90 Å². The largest absolute Gasteiger partial charge is 0.507 e. The summed E-state index contributed by atoms with van der Waals surface area (Å²) in [6.45, 7) is 5.03. The van der Waals surface area contributed by atoms with Gasteiger partial charge in [0.25, 0.3) is 5.91 Å². The number of hydrogen-bond donors (Lipinski definition) is 4. The Labute approximate surface area is 189 Å². The Morgan fingerprint density at radius 1 is 1.09 bits per heavy atom. The predicted molar refractivity (Wildman–Crippen MR) is 124 cm³/mol. The lowest BCUT2D eigenvalue weighted by Gasteiger charge is -2.50. The van der Waals surface area contributed by atoms with Crippen LogP contribution in [-0.4, -0.2) is 72.8 Å². The summed E-state index contributed by atoms with van der Waals surface area (Å²) >= 11 is 0. The maximum atomic E-state index is 13.4. The van der Waals surface area contributed by atoms with Gasteiger partial charge < -0.3 is 36.4 Å². The van der Waals surface area contributed by atoms with Gasteiger partial charge in [-0.05, 0) is 36.5 Å². The van der Waals surface area contributed by atoms with Gasteiger partial charge in [-0.3, -0.25) is 4.79 Å². The molecule has 3 heterocycles. The molecule has 0 atom stereocenters. The predicted octanol–water partition coefficient (Wildman–Crippen LogP) is 1.18. The summed E-state index contributed by atoms with van der Waals surface area (Å²) in [5.41, 5.74) is 13.5. The number of ether oxygens (including phenoxy) is 1. The van der Waals surface area contributed by atoms with Crippen molar-refractivity contribution in [1.82, 2.24) is 15.1 Å². The molecule has 3 fully saturated rings. The van der Waals surface area contributed by atoms with Crippen molar-refractivity contribution < 1.29 is 14.6 Å². The third kappa shape index (κ3) is 4.17. The number of amides is 1. The van der Waals surface area contributed by atoms with Crippen LogP contribution in [0.1, 0.15) is 31.2 Å². The fourth-order valence-corrected chi connectivity index (χ4v) is 5.14. The third-order valence-corrected chi connectivity index (χ3v) is 7.52. The minimum Gasteiger partial charge on any atom is -0.507 e. The fraction of sp³-hybridized carbons (Fsp3) is 0.542. The Kier molecular flexibility index (Phi) is 6.35. The lowest BCUT2D eigenvalue weighted by Crippen LogP contribution is -2.62. The fourth-order valence-electron chi connectivity index (χ4n) is 5.14. The van der Waals surface area contributed by atoms with Crippen LogP contribution in [0.3, 0.4) is 0 Å². The average molecular weight is 442 g/mol. The average Bonchev–Trinajstić information content (AvgIpc) is 2.81. The topological polar surface area (TPSA) is 117 Å². The van der Waals surface area contributed by atoms with Crippen LogP contribution in [0.15, 0.2) is 42.2 Å². The first-order chi connectivity index (χ1) is 15.4. The van der Waals surface area contributed by atoms with Gasteiger partial charge in [-0.2, -0.15) is 0 Å². The number of allylic oxidation sites excluding steroid dienone is 1. The Hall–Kier alpha value is -2.71. The first kappa shape index (κ1) is 22.5. The second-order valence-electron chi connectivity index (χ2n) is 9.29. The van der Waals surface area contributed by atoms with E-state index in [-0.39, 0.29) is 11.7 Å². The van der Waals surface area contributed by atoms with Gasteiger partial charge in [-0.15, -0.1) is 0 Å². The van der Waals surface area contributed by atoms with Gasteiger partial charge in [-0.25, -0.2) is 0 Å². The van der Waals surface area contributed by atoms with Crippen molar-refractivity contribution in [3.63, 3.8) is 0 Å². The van der Waals surface area contributed by atoms with E-state index in [0.717, 1.165) is 44.7 Å². The number of hydrogen-bond acceptors (Lipinski definition) is 7. The number of phenolic OH excluding ortho intramolecular Hbond substituents is 1. The van der Waals surface area contributed by atoms with E-state index < -0.39 is 5.60 Å². The molecule has 1 spiro atoms. The molecule has 4 rings (SSSR count). The summed E-state index contributed by atoms with van der Waals surface area (Å²) in [6, 6.07) is 6.95. The number of piperidine rings is 2. The molecule has 3 saturated heterocycles. The van der Waals surface area contributed by atoms with Crippen LogP contribution in [0, 0.1) is 5.41 Å². The summed E-state index contributed by atoms with van der Waals surface area (Å²) in [4.78, 5) is 17.5. The monoisotopic (exact) mass is 441 g/mol. The molecule has 6 N–H and O–H groups in total. The quantitative estimate of drug-likeness (QED) is 0.507. The molecular weight excluding hydrogens is 406 g/mol. The summed E-state index contributed by atoms with van der Waals surface area (Å²) in [5, 5.41) is 13.4. The van der Waals surface area contributed by atoms with Crippen molar-refractivity contribution in [2.45, 2.75) is 31.3 Å². The molecule has 0 unspecified atom stereocenters. The van der Waals surface area contributed by atoms with Crippen molar-refractivity contribution in [3.05, 3.63) is 47.8 Å². The van der Waals surface area contributed by atoms with Crippen LogP contribution >= 0.6 is 0 Å². The standard InChI is InChI=1S/C24H35N5O3/c1-32-24(22(31)29-10-6-23(7-11-29)16-27-17-23)8-12-28(13-9-24)18(15-25)14-20(26)19-4-2-3-5-21(19)30/h2-5,14-15,27,30H,6-13,16-17,25-26H2,1H3/b18-15+,20-14-. The number of phenols is 1. The molecular formula is C24H35N5O3. The SMILES string of the molecule is COC1(C(=O)N2CCC3(CC2)CNC3)CCN(C(/C=C(\N)c2ccccc2O)=C/N)CC1. The molecule has 1 aromatic rings. The normalized spacial score (nSPS) is 23.2.